The third-order valence-electron chi connectivity index (χ3n) is 2.17. The molecule has 1 heterocycles. The summed E-state index contributed by atoms with van der Waals surface area (Å²) in [6.45, 7) is 0.232. The summed E-state index contributed by atoms with van der Waals surface area (Å²) in [7, 11) is 0. The third-order valence-corrected chi connectivity index (χ3v) is 2.17. The Hall–Kier alpha value is -2.44. The van der Waals surface area contributed by atoms with E-state index in [0.29, 0.717) is 5.56 Å². The van der Waals surface area contributed by atoms with Crippen LogP contribution in [0.25, 0.3) is 0 Å². The Bertz CT molecular complexity index is 568. The van der Waals surface area contributed by atoms with Gasteiger partial charge < -0.3 is 5.11 Å². The van der Waals surface area contributed by atoms with E-state index in [0.717, 1.165) is 12.1 Å². The average Bonchev–Trinajstić information content (AvgIpc) is 2.63. The summed E-state index contributed by atoms with van der Waals surface area (Å²) in [5, 5.41) is 23.3. The lowest BCUT2D eigenvalue weighted by Gasteiger charge is -2.02. The topological polar surface area (TPSA) is 81.2 Å². The molecule has 7 heteroatoms. The molecule has 0 radical (unpaired) electrons. The molecule has 2 rings (SSSR count). The Labute approximate surface area is 95.1 Å². The summed E-state index contributed by atoms with van der Waals surface area (Å²) in [6, 6.07) is 3.63. The van der Waals surface area contributed by atoms with Crippen molar-refractivity contribution in [2.45, 2.75) is 6.54 Å². The Kier molecular flexibility index (Phi) is 2.73. The van der Waals surface area contributed by atoms with Gasteiger partial charge in [-0.25, -0.2) is 0 Å². The van der Waals surface area contributed by atoms with Crippen LogP contribution in [0.15, 0.2) is 30.6 Å². The van der Waals surface area contributed by atoms with Crippen LogP contribution < -0.4 is 0 Å². The van der Waals surface area contributed by atoms with Crippen LogP contribution in [0.3, 0.4) is 0 Å². The number of hydrogen-bond donors (Lipinski definition) is 1. The molecule has 17 heavy (non-hydrogen) atoms. The van der Waals surface area contributed by atoms with E-state index in [2.05, 4.69) is 5.10 Å². The zero-order valence-corrected chi connectivity index (χ0v) is 8.58. The minimum absolute atomic E-state index is 0.00684. The van der Waals surface area contributed by atoms with Gasteiger partial charge in [0.2, 0.25) is 5.82 Å². The molecule has 0 bridgehead atoms. The SMILES string of the molecule is O=[N+]([O-])c1ccc(Cn2cc(O)cn2)cc1F. The molecule has 0 atom stereocenters. The Morgan fingerprint density at radius 2 is 2.29 bits per heavy atom. The predicted molar refractivity (Wildman–Crippen MR) is 56.0 cm³/mol. The van der Waals surface area contributed by atoms with Gasteiger partial charge in [-0.2, -0.15) is 9.49 Å². The average molecular weight is 237 g/mol. The van der Waals surface area contributed by atoms with Crippen molar-refractivity contribution in [3.8, 4) is 5.75 Å². The number of aromatic nitrogens is 2. The molecule has 1 aromatic heterocycles. The van der Waals surface area contributed by atoms with Crippen LogP contribution in [0.1, 0.15) is 5.56 Å². The molecule has 0 aliphatic heterocycles. The normalized spacial score (nSPS) is 10.4. The molecule has 0 saturated heterocycles. The van der Waals surface area contributed by atoms with E-state index in [1.54, 1.807) is 0 Å². The van der Waals surface area contributed by atoms with Crippen molar-refractivity contribution >= 4 is 5.69 Å². The van der Waals surface area contributed by atoms with Crippen LogP contribution in [0.5, 0.6) is 5.75 Å². The van der Waals surface area contributed by atoms with E-state index in [4.69, 9.17) is 5.11 Å². The number of nitro benzene ring substituents is 1. The quantitative estimate of drug-likeness (QED) is 0.650. The monoisotopic (exact) mass is 237 g/mol. The van der Waals surface area contributed by atoms with Crippen LogP contribution in [0.2, 0.25) is 0 Å². The lowest BCUT2D eigenvalue weighted by molar-refractivity contribution is -0.387. The van der Waals surface area contributed by atoms with Crippen LogP contribution in [0, 0.1) is 15.9 Å². The molecule has 0 aliphatic carbocycles. The Balaban J connectivity index is 2.23. The molecular weight excluding hydrogens is 229 g/mol. The Morgan fingerprint density at radius 1 is 1.53 bits per heavy atom. The maximum absolute atomic E-state index is 13.3. The van der Waals surface area contributed by atoms with Gasteiger partial charge in [-0.3, -0.25) is 14.8 Å². The summed E-state index contributed by atoms with van der Waals surface area (Å²) in [4.78, 5) is 9.63. The van der Waals surface area contributed by atoms with Gasteiger partial charge in [0.25, 0.3) is 0 Å². The number of nitro groups is 1. The number of rotatable bonds is 3. The highest BCUT2D eigenvalue weighted by atomic mass is 19.1. The van der Waals surface area contributed by atoms with Gasteiger partial charge in [-0.1, -0.05) is 6.07 Å². The molecule has 1 N–H and O–H groups in total. The van der Waals surface area contributed by atoms with Gasteiger partial charge in [0.05, 0.1) is 23.9 Å². The molecule has 0 aliphatic rings. The molecule has 1 aromatic carbocycles. The molecule has 6 nitrogen and oxygen atoms in total. The zero-order chi connectivity index (χ0) is 12.4. The highest BCUT2D eigenvalue weighted by Crippen LogP contribution is 2.18. The van der Waals surface area contributed by atoms with E-state index in [9.17, 15) is 14.5 Å². The molecule has 2 aromatic rings. The van der Waals surface area contributed by atoms with Crippen molar-refractivity contribution in [3.63, 3.8) is 0 Å². The highest BCUT2D eigenvalue weighted by molar-refractivity contribution is 5.35. The summed E-state index contributed by atoms with van der Waals surface area (Å²) in [5.74, 6) is -0.878. The maximum Gasteiger partial charge on any atom is 0.304 e. The standard InChI is InChI=1S/C10H8FN3O3/c11-9-3-7(1-2-10(9)14(16)17)5-13-6-8(15)4-12-13/h1-4,6,15H,5H2. The Morgan fingerprint density at radius 3 is 2.82 bits per heavy atom. The van der Waals surface area contributed by atoms with Gasteiger partial charge in [0, 0.05) is 6.07 Å². The first-order chi connectivity index (χ1) is 8.06. The minimum Gasteiger partial charge on any atom is -0.505 e. The number of aromatic hydroxyl groups is 1. The van der Waals surface area contributed by atoms with Crippen LogP contribution in [-0.2, 0) is 6.54 Å². The van der Waals surface area contributed by atoms with E-state index in [1.165, 1.54) is 23.1 Å². The molecule has 0 saturated carbocycles. The summed E-state index contributed by atoms with van der Waals surface area (Å²) < 4.78 is 14.7. The van der Waals surface area contributed by atoms with E-state index >= 15 is 0 Å². The molecular formula is C10H8FN3O3. The first kappa shape index (κ1) is 11.1. The van der Waals surface area contributed by atoms with E-state index in [1.807, 2.05) is 0 Å². The maximum atomic E-state index is 13.3. The first-order valence-corrected chi connectivity index (χ1v) is 4.70. The minimum atomic E-state index is -0.885. The fourth-order valence-electron chi connectivity index (χ4n) is 1.42. The zero-order valence-electron chi connectivity index (χ0n) is 8.58. The summed E-state index contributed by atoms with van der Waals surface area (Å²) in [5.41, 5.74) is -0.0340. The number of halogens is 1. The van der Waals surface area contributed by atoms with Gasteiger partial charge >= 0.3 is 5.69 Å². The van der Waals surface area contributed by atoms with Crippen molar-refractivity contribution < 1.29 is 14.4 Å². The van der Waals surface area contributed by atoms with Crippen molar-refractivity contribution in [2.24, 2.45) is 0 Å². The van der Waals surface area contributed by atoms with Crippen LogP contribution >= 0.6 is 0 Å². The van der Waals surface area contributed by atoms with Gasteiger partial charge in [0.1, 0.15) is 0 Å². The molecule has 0 unspecified atom stereocenters. The van der Waals surface area contributed by atoms with Crippen molar-refractivity contribution in [1.29, 1.82) is 0 Å². The van der Waals surface area contributed by atoms with E-state index in [-0.39, 0.29) is 12.3 Å². The second-order valence-electron chi connectivity index (χ2n) is 3.44. The summed E-state index contributed by atoms with van der Waals surface area (Å²) >= 11 is 0. The lowest BCUT2D eigenvalue weighted by atomic mass is 10.2. The fourth-order valence-corrected chi connectivity index (χ4v) is 1.42. The third kappa shape index (κ3) is 2.39. The molecule has 0 amide bonds. The van der Waals surface area contributed by atoms with Crippen molar-refractivity contribution in [2.75, 3.05) is 0 Å². The largest absolute Gasteiger partial charge is 0.505 e. The molecule has 0 fully saturated rings. The smallest absolute Gasteiger partial charge is 0.304 e. The van der Waals surface area contributed by atoms with Gasteiger partial charge in [-0.05, 0) is 11.6 Å². The number of hydrogen-bond acceptors (Lipinski definition) is 4. The van der Waals surface area contributed by atoms with E-state index < -0.39 is 16.4 Å². The van der Waals surface area contributed by atoms with Gasteiger partial charge in [0.15, 0.2) is 5.75 Å². The summed E-state index contributed by atoms with van der Waals surface area (Å²) in [6.07, 6.45) is 2.63. The van der Waals surface area contributed by atoms with Crippen molar-refractivity contribution in [1.82, 2.24) is 9.78 Å². The van der Waals surface area contributed by atoms with Gasteiger partial charge in [-0.15, -0.1) is 0 Å². The number of nitrogens with zero attached hydrogens (tertiary/aromatic N) is 3. The second kappa shape index (κ2) is 4.20. The van der Waals surface area contributed by atoms with Crippen LogP contribution in [-0.4, -0.2) is 19.8 Å². The van der Waals surface area contributed by atoms with Crippen LogP contribution in [0.4, 0.5) is 10.1 Å². The molecule has 0 spiro atoms. The van der Waals surface area contributed by atoms with Crippen molar-refractivity contribution in [3.05, 3.63) is 52.1 Å². The first-order valence-electron chi connectivity index (χ1n) is 4.70. The predicted octanol–water partition coefficient (Wildman–Crippen LogP) is 1.68. The highest BCUT2D eigenvalue weighted by Gasteiger charge is 2.13. The number of benzene rings is 1. The lowest BCUT2D eigenvalue weighted by Crippen LogP contribution is -2.01. The molecule has 88 valence electrons. The second-order valence-corrected chi connectivity index (χ2v) is 3.44. The fraction of sp³-hybridized carbons (Fsp3) is 0.100.